The molecule has 2 aromatic carbocycles. The lowest BCUT2D eigenvalue weighted by atomic mass is 9.73. The highest BCUT2D eigenvalue weighted by molar-refractivity contribution is 5.75. The number of carbonyl (C=O) groups is 1. The number of amides is 1. The van der Waals surface area contributed by atoms with Crippen molar-refractivity contribution in [1.29, 1.82) is 0 Å². The van der Waals surface area contributed by atoms with Gasteiger partial charge >= 0.3 is 0 Å². The van der Waals surface area contributed by atoms with Crippen molar-refractivity contribution in [3.05, 3.63) is 65.2 Å². The van der Waals surface area contributed by atoms with Gasteiger partial charge in [0.1, 0.15) is 0 Å². The van der Waals surface area contributed by atoms with Crippen molar-refractivity contribution >= 4 is 12.1 Å². The molecule has 0 aliphatic rings. The maximum absolute atomic E-state index is 10.9. The van der Waals surface area contributed by atoms with Crippen molar-refractivity contribution < 1.29 is 4.79 Å². The van der Waals surface area contributed by atoms with E-state index in [9.17, 15) is 4.79 Å². The Kier molecular flexibility index (Phi) is 4.23. The molecule has 2 rings (SSSR count). The Morgan fingerprint density at radius 1 is 1.15 bits per heavy atom. The Balaban J connectivity index is 2.61. The summed E-state index contributed by atoms with van der Waals surface area (Å²) >= 11 is 0. The number of benzene rings is 2. The number of aryl methyl sites for hydroxylation is 1. The van der Waals surface area contributed by atoms with Gasteiger partial charge in [-0.3, -0.25) is 4.79 Å². The van der Waals surface area contributed by atoms with Gasteiger partial charge in [-0.25, -0.2) is 0 Å². The van der Waals surface area contributed by atoms with Crippen LogP contribution in [0.5, 0.6) is 0 Å². The zero-order valence-electron chi connectivity index (χ0n) is 12.3. The smallest absolute Gasteiger partial charge is 0.211 e. The van der Waals surface area contributed by atoms with Crippen LogP contribution in [0.3, 0.4) is 0 Å². The summed E-state index contributed by atoms with van der Waals surface area (Å²) in [5, 5.41) is 2.83. The topological polar surface area (TPSA) is 29.1 Å². The molecule has 0 saturated heterocycles. The molecule has 0 spiro atoms. The van der Waals surface area contributed by atoms with Crippen LogP contribution < -0.4 is 5.32 Å². The Morgan fingerprint density at radius 2 is 1.85 bits per heavy atom. The summed E-state index contributed by atoms with van der Waals surface area (Å²) in [5.74, 6) is 0. The molecule has 1 N–H and O–H groups in total. The first-order valence-corrected chi connectivity index (χ1v) is 6.98. The van der Waals surface area contributed by atoms with Crippen LogP contribution in [0, 0.1) is 6.92 Å². The first kappa shape index (κ1) is 14.3. The van der Waals surface area contributed by atoms with E-state index >= 15 is 0 Å². The van der Waals surface area contributed by atoms with E-state index < -0.39 is 0 Å². The summed E-state index contributed by atoms with van der Waals surface area (Å²) in [6.45, 7) is 6.49. The third kappa shape index (κ3) is 2.60. The van der Waals surface area contributed by atoms with Gasteiger partial charge in [-0.05, 0) is 30.5 Å². The maximum Gasteiger partial charge on any atom is 0.211 e. The Bertz CT molecular complexity index is 592. The number of nitrogens with one attached hydrogen (secondary N) is 1. The summed E-state index contributed by atoms with van der Waals surface area (Å²) in [6.07, 6.45) is 1.71. The SMILES string of the molecule is CCC(C)(c1ccccc1)c1cc(C)ccc1NC=O. The Labute approximate surface area is 120 Å². The van der Waals surface area contributed by atoms with Gasteiger partial charge in [0.15, 0.2) is 0 Å². The molecule has 104 valence electrons. The number of anilines is 1. The van der Waals surface area contributed by atoms with Gasteiger partial charge in [0, 0.05) is 11.1 Å². The van der Waals surface area contributed by atoms with E-state index in [-0.39, 0.29) is 5.41 Å². The fourth-order valence-corrected chi connectivity index (χ4v) is 2.66. The molecule has 0 radical (unpaired) electrons. The fraction of sp³-hybridized carbons (Fsp3) is 0.278. The van der Waals surface area contributed by atoms with Crippen LogP contribution >= 0.6 is 0 Å². The minimum absolute atomic E-state index is 0.112. The van der Waals surface area contributed by atoms with E-state index in [1.807, 2.05) is 18.2 Å². The zero-order valence-corrected chi connectivity index (χ0v) is 12.3. The number of hydrogen-bond donors (Lipinski definition) is 1. The van der Waals surface area contributed by atoms with Gasteiger partial charge < -0.3 is 5.32 Å². The van der Waals surface area contributed by atoms with Crippen molar-refractivity contribution in [1.82, 2.24) is 0 Å². The predicted octanol–water partition coefficient (Wildman–Crippen LogP) is 4.28. The predicted molar refractivity (Wildman–Crippen MR) is 84.1 cm³/mol. The van der Waals surface area contributed by atoms with Crippen LogP contribution in [0.15, 0.2) is 48.5 Å². The normalized spacial score (nSPS) is 13.6. The molecule has 0 bridgehead atoms. The Morgan fingerprint density at radius 3 is 2.45 bits per heavy atom. The molecular weight excluding hydrogens is 246 g/mol. The molecular formula is C18H21NO. The highest BCUT2D eigenvalue weighted by atomic mass is 16.1. The lowest BCUT2D eigenvalue weighted by Gasteiger charge is -2.32. The molecule has 20 heavy (non-hydrogen) atoms. The average Bonchev–Trinajstić information content (AvgIpc) is 2.49. The van der Waals surface area contributed by atoms with E-state index in [1.54, 1.807) is 0 Å². The van der Waals surface area contributed by atoms with Gasteiger partial charge in [0.25, 0.3) is 0 Å². The van der Waals surface area contributed by atoms with Gasteiger partial charge in [-0.1, -0.05) is 61.9 Å². The van der Waals surface area contributed by atoms with Crippen LogP contribution in [-0.4, -0.2) is 6.41 Å². The number of carbonyl (C=O) groups excluding carboxylic acids is 1. The average molecular weight is 267 g/mol. The molecule has 2 aromatic rings. The van der Waals surface area contributed by atoms with E-state index in [1.165, 1.54) is 16.7 Å². The quantitative estimate of drug-likeness (QED) is 0.805. The van der Waals surface area contributed by atoms with Crippen molar-refractivity contribution in [2.45, 2.75) is 32.6 Å². The minimum atomic E-state index is -0.112. The summed E-state index contributed by atoms with van der Waals surface area (Å²) in [5.41, 5.74) is 4.41. The molecule has 1 atom stereocenters. The summed E-state index contributed by atoms with van der Waals surface area (Å²) in [7, 11) is 0. The molecule has 0 aromatic heterocycles. The first-order chi connectivity index (χ1) is 9.61. The number of rotatable bonds is 5. The van der Waals surface area contributed by atoms with Gasteiger partial charge in [-0.15, -0.1) is 0 Å². The van der Waals surface area contributed by atoms with Gasteiger partial charge in [-0.2, -0.15) is 0 Å². The summed E-state index contributed by atoms with van der Waals surface area (Å²) < 4.78 is 0. The summed E-state index contributed by atoms with van der Waals surface area (Å²) in [4.78, 5) is 10.9. The highest BCUT2D eigenvalue weighted by Crippen LogP contribution is 2.39. The van der Waals surface area contributed by atoms with Gasteiger partial charge in [0.2, 0.25) is 6.41 Å². The second kappa shape index (κ2) is 5.91. The zero-order chi connectivity index (χ0) is 14.6. The molecule has 0 fully saturated rings. The van der Waals surface area contributed by atoms with Crippen LogP contribution in [0.25, 0.3) is 0 Å². The first-order valence-electron chi connectivity index (χ1n) is 6.98. The summed E-state index contributed by atoms with van der Waals surface area (Å²) in [6, 6.07) is 16.6. The third-order valence-corrected chi connectivity index (χ3v) is 4.10. The molecule has 1 amide bonds. The van der Waals surface area contributed by atoms with Crippen molar-refractivity contribution in [2.24, 2.45) is 0 Å². The van der Waals surface area contributed by atoms with E-state index in [4.69, 9.17) is 0 Å². The molecule has 0 aliphatic carbocycles. The minimum Gasteiger partial charge on any atom is -0.328 e. The van der Waals surface area contributed by atoms with Crippen LogP contribution in [0.1, 0.15) is 37.0 Å². The molecule has 0 aliphatic heterocycles. The molecule has 0 saturated carbocycles. The van der Waals surface area contributed by atoms with E-state index in [0.29, 0.717) is 0 Å². The largest absolute Gasteiger partial charge is 0.328 e. The highest BCUT2D eigenvalue weighted by Gasteiger charge is 2.29. The standard InChI is InChI=1S/C18H21NO/c1-4-18(3,15-8-6-5-7-9-15)16-12-14(2)10-11-17(16)19-13-20/h5-13H,4H2,1-3H3,(H,19,20). The monoisotopic (exact) mass is 267 g/mol. The molecule has 2 heteroatoms. The maximum atomic E-state index is 10.9. The van der Waals surface area contributed by atoms with Gasteiger partial charge in [0.05, 0.1) is 0 Å². The third-order valence-electron chi connectivity index (χ3n) is 4.10. The lowest BCUT2D eigenvalue weighted by Crippen LogP contribution is -2.24. The lowest BCUT2D eigenvalue weighted by molar-refractivity contribution is -0.105. The van der Waals surface area contributed by atoms with Crippen molar-refractivity contribution in [2.75, 3.05) is 5.32 Å². The van der Waals surface area contributed by atoms with Crippen LogP contribution in [0.2, 0.25) is 0 Å². The van der Waals surface area contributed by atoms with Crippen LogP contribution in [-0.2, 0) is 10.2 Å². The molecule has 0 heterocycles. The van der Waals surface area contributed by atoms with Crippen LogP contribution in [0.4, 0.5) is 5.69 Å². The van der Waals surface area contributed by atoms with E-state index in [2.05, 4.69) is 56.4 Å². The molecule has 2 nitrogen and oxygen atoms in total. The second-order valence-electron chi connectivity index (χ2n) is 5.36. The number of hydrogen-bond acceptors (Lipinski definition) is 1. The van der Waals surface area contributed by atoms with Crippen molar-refractivity contribution in [3.8, 4) is 0 Å². The Hall–Kier alpha value is -2.09. The second-order valence-corrected chi connectivity index (χ2v) is 5.36. The fourth-order valence-electron chi connectivity index (χ4n) is 2.66. The van der Waals surface area contributed by atoms with E-state index in [0.717, 1.165) is 18.5 Å². The molecule has 1 unspecified atom stereocenters. The van der Waals surface area contributed by atoms with Crippen molar-refractivity contribution in [3.63, 3.8) is 0 Å².